The number of fused-ring (bicyclic) bond motifs is 3. The number of hydrogen-bond donors (Lipinski definition) is 1. The van der Waals surface area contributed by atoms with E-state index in [1.165, 1.54) is 0 Å². The number of ether oxygens (including phenoxy) is 2. The molecule has 4 rings (SSSR count). The van der Waals surface area contributed by atoms with Gasteiger partial charge in [0.1, 0.15) is 5.60 Å². The van der Waals surface area contributed by atoms with Crippen LogP contribution >= 0.6 is 0 Å². The normalized spacial score (nSPS) is 28.2. The molecule has 144 valence electrons. The van der Waals surface area contributed by atoms with Gasteiger partial charge in [-0.05, 0) is 38.5 Å². The van der Waals surface area contributed by atoms with Crippen LogP contribution in [0.2, 0.25) is 0 Å². The van der Waals surface area contributed by atoms with Crippen molar-refractivity contribution in [3.05, 3.63) is 42.1 Å². The molecule has 2 saturated heterocycles. The summed E-state index contributed by atoms with van der Waals surface area (Å²) in [6, 6.07) is 9.29. The molecule has 0 saturated carbocycles. The average Bonchev–Trinajstić information content (AvgIpc) is 2.59. The van der Waals surface area contributed by atoms with Crippen molar-refractivity contribution in [1.29, 1.82) is 0 Å². The van der Waals surface area contributed by atoms with E-state index >= 15 is 0 Å². The molecule has 0 spiro atoms. The van der Waals surface area contributed by atoms with Crippen molar-refractivity contribution in [3.8, 4) is 0 Å². The zero-order valence-corrected chi connectivity index (χ0v) is 16.0. The number of benzene rings is 1. The summed E-state index contributed by atoms with van der Waals surface area (Å²) in [7, 11) is 0. The maximum atomic E-state index is 12.7. The van der Waals surface area contributed by atoms with Crippen LogP contribution in [0, 0.1) is 0 Å². The van der Waals surface area contributed by atoms with E-state index in [9.17, 15) is 9.90 Å². The first-order valence-corrected chi connectivity index (χ1v) is 9.42. The van der Waals surface area contributed by atoms with Gasteiger partial charge in [0, 0.05) is 24.4 Å². The number of aromatic nitrogens is 1. The van der Waals surface area contributed by atoms with Gasteiger partial charge in [-0.1, -0.05) is 18.2 Å². The number of piperidine rings is 1. The lowest BCUT2D eigenvalue weighted by molar-refractivity contribution is -0.140. The third-order valence-electron chi connectivity index (χ3n) is 5.31. The van der Waals surface area contributed by atoms with Crippen molar-refractivity contribution in [2.45, 2.75) is 56.9 Å². The monoisotopic (exact) mass is 370 g/mol. The van der Waals surface area contributed by atoms with Crippen molar-refractivity contribution in [3.63, 3.8) is 0 Å². The predicted molar refractivity (Wildman–Crippen MR) is 101 cm³/mol. The van der Waals surface area contributed by atoms with Crippen LogP contribution < -0.4 is 0 Å². The van der Waals surface area contributed by atoms with Gasteiger partial charge >= 0.3 is 6.09 Å². The Morgan fingerprint density at radius 1 is 1.22 bits per heavy atom. The van der Waals surface area contributed by atoms with E-state index in [1.807, 2.05) is 51.1 Å². The van der Waals surface area contributed by atoms with Crippen LogP contribution in [-0.2, 0) is 15.1 Å². The molecule has 1 aromatic carbocycles. The van der Waals surface area contributed by atoms with Crippen molar-refractivity contribution >= 4 is 17.0 Å². The average molecular weight is 370 g/mol. The van der Waals surface area contributed by atoms with Crippen LogP contribution in [0.4, 0.5) is 4.79 Å². The fourth-order valence-corrected chi connectivity index (χ4v) is 4.31. The molecular formula is C21H26N2O4. The predicted octanol–water partition coefficient (Wildman–Crippen LogP) is 3.22. The molecule has 1 amide bonds. The smallest absolute Gasteiger partial charge is 0.410 e. The Bertz CT molecular complexity index is 841. The number of carbonyl (C=O) groups excluding carboxylic acids is 1. The lowest BCUT2D eigenvalue weighted by atomic mass is 9.76. The van der Waals surface area contributed by atoms with E-state index < -0.39 is 11.2 Å². The third kappa shape index (κ3) is 3.39. The quantitative estimate of drug-likeness (QED) is 0.834. The first kappa shape index (κ1) is 18.2. The van der Waals surface area contributed by atoms with E-state index in [1.54, 1.807) is 11.1 Å². The maximum absolute atomic E-state index is 12.7. The molecule has 2 atom stereocenters. The minimum absolute atomic E-state index is 0.218. The molecule has 27 heavy (non-hydrogen) atoms. The van der Waals surface area contributed by atoms with Gasteiger partial charge in [-0.2, -0.15) is 0 Å². The minimum Gasteiger partial charge on any atom is -0.444 e. The van der Waals surface area contributed by atoms with E-state index in [4.69, 9.17) is 9.47 Å². The summed E-state index contributed by atoms with van der Waals surface area (Å²) >= 11 is 0. The summed E-state index contributed by atoms with van der Waals surface area (Å²) in [5.41, 5.74) is 0.148. The molecular weight excluding hydrogens is 344 g/mol. The van der Waals surface area contributed by atoms with Gasteiger partial charge in [-0.25, -0.2) is 4.79 Å². The topological polar surface area (TPSA) is 71.9 Å². The molecule has 0 aliphatic carbocycles. The summed E-state index contributed by atoms with van der Waals surface area (Å²) < 4.78 is 11.3. The molecule has 2 fully saturated rings. The molecule has 0 radical (unpaired) electrons. The maximum Gasteiger partial charge on any atom is 0.410 e. The summed E-state index contributed by atoms with van der Waals surface area (Å²) in [5, 5.41) is 12.6. The second-order valence-corrected chi connectivity index (χ2v) is 8.55. The molecule has 6 heteroatoms. The Hall–Kier alpha value is -2.18. The van der Waals surface area contributed by atoms with E-state index in [0.29, 0.717) is 26.1 Å². The van der Waals surface area contributed by atoms with Crippen LogP contribution in [0.3, 0.4) is 0 Å². The van der Waals surface area contributed by atoms with E-state index in [-0.39, 0.29) is 18.2 Å². The highest BCUT2D eigenvalue weighted by Gasteiger charge is 2.50. The van der Waals surface area contributed by atoms with Crippen molar-refractivity contribution < 1.29 is 19.4 Å². The second kappa shape index (κ2) is 6.46. The van der Waals surface area contributed by atoms with Gasteiger partial charge < -0.3 is 14.6 Å². The summed E-state index contributed by atoms with van der Waals surface area (Å²) in [5.74, 6) is 0. The number of amides is 1. The number of rotatable bonds is 1. The Labute approximate surface area is 159 Å². The Kier molecular flexibility index (Phi) is 4.35. The van der Waals surface area contributed by atoms with Crippen LogP contribution in [0.1, 0.15) is 39.2 Å². The molecule has 1 aromatic heterocycles. The molecule has 2 unspecified atom stereocenters. The van der Waals surface area contributed by atoms with Crippen molar-refractivity contribution in [2.24, 2.45) is 0 Å². The third-order valence-corrected chi connectivity index (χ3v) is 5.31. The van der Waals surface area contributed by atoms with Crippen molar-refractivity contribution in [2.75, 3.05) is 13.2 Å². The molecule has 3 heterocycles. The highest BCUT2D eigenvalue weighted by atomic mass is 16.6. The second-order valence-electron chi connectivity index (χ2n) is 8.55. The lowest BCUT2D eigenvalue weighted by Crippen LogP contribution is -2.63. The number of nitrogens with zero attached hydrogens (tertiary/aromatic N) is 2. The lowest BCUT2D eigenvalue weighted by Gasteiger charge is -2.51. The molecule has 2 aliphatic rings. The zero-order chi connectivity index (χ0) is 19.2. The van der Waals surface area contributed by atoms with Gasteiger partial charge in [0.05, 0.1) is 36.4 Å². The van der Waals surface area contributed by atoms with Gasteiger partial charge in [0.2, 0.25) is 0 Å². The zero-order valence-electron chi connectivity index (χ0n) is 16.0. The SMILES string of the molecule is CC(C)(C)OC(=O)N1C2COCC1CC(O)(c1ccnc3ccccc13)C2. The summed E-state index contributed by atoms with van der Waals surface area (Å²) in [4.78, 5) is 18.9. The number of aliphatic hydroxyl groups is 1. The van der Waals surface area contributed by atoms with E-state index in [2.05, 4.69) is 4.98 Å². The molecule has 6 nitrogen and oxygen atoms in total. The first-order chi connectivity index (χ1) is 12.8. The minimum atomic E-state index is -1.03. The van der Waals surface area contributed by atoms with Crippen LogP contribution in [0.25, 0.3) is 10.9 Å². The standard InChI is InChI=1S/C21H26N2O4/c1-20(2,3)27-19(24)23-14-10-21(25,11-15(23)13-26-12-14)17-8-9-22-18-7-5-4-6-16(17)18/h4-9,14-15,25H,10-13H2,1-3H3. The molecule has 2 bridgehead atoms. The van der Waals surface area contributed by atoms with E-state index in [0.717, 1.165) is 16.5 Å². The van der Waals surface area contributed by atoms with Crippen LogP contribution in [0.5, 0.6) is 0 Å². The van der Waals surface area contributed by atoms with Crippen molar-refractivity contribution in [1.82, 2.24) is 9.88 Å². The fourth-order valence-electron chi connectivity index (χ4n) is 4.31. The highest BCUT2D eigenvalue weighted by molar-refractivity contribution is 5.83. The Morgan fingerprint density at radius 2 is 1.89 bits per heavy atom. The van der Waals surface area contributed by atoms with Crippen LogP contribution in [0.15, 0.2) is 36.5 Å². The number of carbonyl (C=O) groups is 1. The van der Waals surface area contributed by atoms with Gasteiger partial charge in [0.15, 0.2) is 0 Å². The Morgan fingerprint density at radius 3 is 2.56 bits per heavy atom. The molecule has 1 N–H and O–H groups in total. The Balaban J connectivity index is 1.67. The number of pyridine rings is 1. The van der Waals surface area contributed by atoms with Gasteiger partial charge in [-0.3, -0.25) is 9.88 Å². The molecule has 2 aliphatic heterocycles. The first-order valence-electron chi connectivity index (χ1n) is 9.42. The highest BCUT2D eigenvalue weighted by Crippen LogP contribution is 2.43. The van der Waals surface area contributed by atoms with Gasteiger partial charge in [0.25, 0.3) is 0 Å². The van der Waals surface area contributed by atoms with Gasteiger partial charge in [-0.15, -0.1) is 0 Å². The fraction of sp³-hybridized carbons (Fsp3) is 0.524. The summed E-state index contributed by atoms with van der Waals surface area (Å²) in [6.07, 6.45) is 2.23. The number of hydrogen-bond acceptors (Lipinski definition) is 5. The van der Waals surface area contributed by atoms with Crippen LogP contribution in [-0.4, -0.2) is 52.0 Å². The number of para-hydroxylation sites is 1. The summed E-state index contributed by atoms with van der Waals surface area (Å²) in [6.45, 7) is 6.39. The largest absolute Gasteiger partial charge is 0.444 e. The molecule has 2 aromatic rings. The number of morpholine rings is 1.